The van der Waals surface area contributed by atoms with E-state index in [0.29, 0.717) is 17.5 Å². The quantitative estimate of drug-likeness (QED) is 0.476. The van der Waals surface area contributed by atoms with Gasteiger partial charge in [0.1, 0.15) is 0 Å². The van der Waals surface area contributed by atoms with Gasteiger partial charge in [0.05, 0.1) is 0 Å². The van der Waals surface area contributed by atoms with Gasteiger partial charge in [0.2, 0.25) is 0 Å². The second-order valence-corrected chi connectivity index (χ2v) is 10.7. The van der Waals surface area contributed by atoms with Crippen LogP contribution in [0.1, 0.15) is 76.3 Å². The van der Waals surface area contributed by atoms with Gasteiger partial charge in [0.25, 0.3) is 0 Å². The fourth-order valence-corrected chi connectivity index (χ4v) is 5.57. The molecular formula is C28H44N4. The van der Waals surface area contributed by atoms with Crippen molar-refractivity contribution < 1.29 is 0 Å². The molecule has 8 N–H and O–H groups in total. The van der Waals surface area contributed by atoms with Crippen molar-refractivity contribution in [2.45, 2.75) is 83.7 Å². The van der Waals surface area contributed by atoms with Gasteiger partial charge < -0.3 is 22.9 Å². The lowest BCUT2D eigenvalue weighted by atomic mass is 9.60. The third-order valence-corrected chi connectivity index (χ3v) is 8.02. The van der Waals surface area contributed by atoms with Crippen LogP contribution in [-0.4, -0.2) is 12.1 Å². The second-order valence-electron chi connectivity index (χ2n) is 10.7. The van der Waals surface area contributed by atoms with E-state index in [4.69, 9.17) is 22.9 Å². The summed E-state index contributed by atoms with van der Waals surface area (Å²) in [6, 6.07) is 16.8. The van der Waals surface area contributed by atoms with Crippen LogP contribution in [0.4, 0.5) is 11.4 Å². The number of nitrogen functional groups attached to an aromatic ring is 2. The van der Waals surface area contributed by atoms with E-state index in [1.54, 1.807) is 0 Å². The van der Waals surface area contributed by atoms with Gasteiger partial charge in [0, 0.05) is 23.5 Å². The third-order valence-electron chi connectivity index (χ3n) is 8.02. The van der Waals surface area contributed by atoms with E-state index >= 15 is 0 Å². The smallest absolute Gasteiger partial charge is 0.0314 e. The van der Waals surface area contributed by atoms with Gasteiger partial charge in [-0.25, -0.2) is 0 Å². The van der Waals surface area contributed by atoms with E-state index in [-0.39, 0.29) is 0 Å². The molecule has 2 saturated carbocycles. The van der Waals surface area contributed by atoms with Gasteiger partial charge in [-0.05, 0) is 110 Å². The van der Waals surface area contributed by atoms with Crippen molar-refractivity contribution in [3.8, 4) is 0 Å². The highest BCUT2D eigenvalue weighted by Crippen LogP contribution is 2.47. The van der Waals surface area contributed by atoms with E-state index in [2.05, 4.69) is 13.8 Å². The van der Waals surface area contributed by atoms with Gasteiger partial charge in [-0.3, -0.25) is 0 Å². The molecule has 2 aliphatic carbocycles. The van der Waals surface area contributed by atoms with E-state index in [0.717, 1.165) is 29.6 Å². The largest absolute Gasteiger partial charge is 0.399 e. The predicted octanol–water partition coefficient (Wildman–Crippen LogP) is 5.49. The molecule has 2 fully saturated rings. The Morgan fingerprint density at radius 3 is 1.22 bits per heavy atom. The molecule has 0 aromatic heterocycles. The van der Waals surface area contributed by atoms with Crippen molar-refractivity contribution in [2.75, 3.05) is 11.5 Å². The minimum atomic E-state index is 0.474. The molecule has 0 saturated heterocycles. The summed E-state index contributed by atoms with van der Waals surface area (Å²) < 4.78 is 0. The molecule has 4 rings (SSSR count). The van der Waals surface area contributed by atoms with Crippen molar-refractivity contribution in [3.63, 3.8) is 0 Å². The van der Waals surface area contributed by atoms with Crippen LogP contribution in [0.2, 0.25) is 0 Å². The first-order valence-electron chi connectivity index (χ1n) is 12.4. The first kappa shape index (κ1) is 24.6. The summed E-state index contributed by atoms with van der Waals surface area (Å²) in [6.45, 7) is 4.99. The Kier molecular flexibility index (Phi) is 8.61. The summed E-state index contributed by atoms with van der Waals surface area (Å²) in [7, 11) is 0. The normalized spacial score (nSPS) is 26.1. The number of benzene rings is 2. The summed E-state index contributed by atoms with van der Waals surface area (Å²) in [5.41, 5.74) is 27.9. The van der Waals surface area contributed by atoms with E-state index in [1.165, 1.54) is 62.5 Å². The molecule has 4 heteroatoms. The molecular weight excluding hydrogens is 392 g/mol. The third kappa shape index (κ3) is 6.98. The zero-order valence-electron chi connectivity index (χ0n) is 20.1. The lowest BCUT2D eigenvalue weighted by molar-refractivity contribution is 0.0523. The number of hydrogen-bond donors (Lipinski definition) is 4. The molecule has 0 atom stereocenters. The van der Waals surface area contributed by atoms with Crippen LogP contribution in [0.25, 0.3) is 0 Å². The molecule has 2 aromatic carbocycles. The highest BCUT2D eigenvalue weighted by atomic mass is 14.7. The number of anilines is 2. The first-order valence-corrected chi connectivity index (χ1v) is 12.4. The molecule has 4 nitrogen and oxygen atoms in total. The van der Waals surface area contributed by atoms with Crippen LogP contribution < -0.4 is 22.9 Å². The molecule has 0 bridgehead atoms. The van der Waals surface area contributed by atoms with Crippen molar-refractivity contribution in [2.24, 2.45) is 28.7 Å². The number of nitrogens with two attached hydrogens (primary N) is 4. The monoisotopic (exact) mass is 436 g/mol. The maximum Gasteiger partial charge on any atom is 0.0314 e. The average Bonchev–Trinajstić information content (AvgIpc) is 2.78. The molecule has 0 unspecified atom stereocenters. The van der Waals surface area contributed by atoms with Gasteiger partial charge in [-0.15, -0.1) is 0 Å². The lowest BCUT2D eigenvalue weighted by Gasteiger charge is -2.46. The van der Waals surface area contributed by atoms with Crippen molar-refractivity contribution in [1.29, 1.82) is 0 Å². The summed E-state index contributed by atoms with van der Waals surface area (Å²) in [6.07, 6.45) is 11.2. The molecule has 0 amide bonds. The zero-order valence-corrected chi connectivity index (χ0v) is 20.1. The van der Waals surface area contributed by atoms with Crippen molar-refractivity contribution in [1.82, 2.24) is 0 Å². The van der Waals surface area contributed by atoms with Crippen molar-refractivity contribution in [3.05, 3.63) is 59.7 Å². The molecule has 32 heavy (non-hydrogen) atoms. The Morgan fingerprint density at radius 1 is 0.594 bits per heavy atom. The number of hydrogen-bond acceptors (Lipinski definition) is 4. The molecule has 2 aliphatic rings. The maximum atomic E-state index is 6.02. The van der Waals surface area contributed by atoms with Crippen LogP contribution in [0.15, 0.2) is 48.5 Å². The Labute approximate surface area is 195 Å². The maximum absolute atomic E-state index is 6.02. The standard InChI is InChI=1S/C15H30N2.C13H14N2/c1-15(2,11-3-7-13(16)8-4-11)12-5-9-14(17)10-6-12;14-12-5-1-10(2-6-12)9-11-3-7-13(15)8-4-11/h11-14H,3-10,16-17H2,1-2H3;1-8H,9,14-15H2. The van der Waals surface area contributed by atoms with Gasteiger partial charge in [-0.1, -0.05) is 38.1 Å². The highest BCUT2D eigenvalue weighted by molar-refractivity contribution is 5.43. The van der Waals surface area contributed by atoms with Gasteiger partial charge in [0.15, 0.2) is 0 Å². The van der Waals surface area contributed by atoms with Crippen LogP contribution in [0.5, 0.6) is 0 Å². The van der Waals surface area contributed by atoms with E-state index < -0.39 is 0 Å². The first-order chi connectivity index (χ1) is 15.2. The SMILES string of the molecule is CC(C)(C1CCC(N)CC1)C1CCC(N)CC1.Nc1ccc(Cc2ccc(N)cc2)cc1. The van der Waals surface area contributed by atoms with Crippen LogP contribution >= 0.6 is 0 Å². The van der Waals surface area contributed by atoms with E-state index in [9.17, 15) is 0 Å². The summed E-state index contributed by atoms with van der Waals surface area (Å²) in [5.74, 6) is 1.78. The second kappa shape index (κ2) is 11.2. The Bertz CT molecular complexity index is 729. The van der Waals surface area contributed by atoms with E-state index in [1.807, 2.05) is 48.5 Å². The molecule has 0 radical (unpaired) electrons. The van der Waals surface area contributed by atoms with Gasteiger partial charge >= 0.3 is 0 Å². The Hall–Kier alpha value is -2.04. The van der Waals surface area contributed by atoms with Crippen LogP contribution in [-0.2, 0) is 6.42 Å². The van der Waals surface area contributed by atoms with Crippen LogP contribution in [0.3, 0.4) is 0 Å². The molecule has 0 aliphatic heterocycles. The highest BCUT2D eigenvalue weighted by Gasteiger charge is 2.39. The minimum Gasteiger partial charge on any atom is -0.399 e. The van der Waals surface area contributed by atoms with Crippen LogP contribution in [0, 0.1) is 17.3 Å². The summed E-state index contributed by atoms with van der Waals surface area (Å²) in [4.78, 5) is 0. The lowest BCUT2D eigenvalue weighted by Crippen LogP contribution is -2.40. The Balaban J connectivity index is 0.000000182. The predicted molar refractivity (Wildman–Crippen MR) is 138 cm³/mol. The molecule has 0 spiro atoms. The summed E-state index contributed by atoms with van der Waals surface area (Å²) in [5, 5.41) is 0. The topological polar surface area (TPSA) is 104 Å². The average molecular weight is 437 g/mol. The van der Waals surface area contributed by atoms with Crippen molar-refractivity contribution >= 4 is 11.4 Å². The zero-order chi connectivity index (χ0) is 23.1. The molecule has 176 valence electrons. The molecule has 2 aromatic rings. The fraction of sp³-hybridized carbons (Fsp3) is 0.571. The van der Waals surface area contributed by atoms with Gasteiger partial charge in [-0.2, -0.15) is 0 Å². The fourth-order valence-electron chi connectivity index (χ4n) is 5.57. The number of rotatable bonds is 4. The summed E-state index contributed by atoms with van der Waals surface area (Å²) >= 11 is 0. The minimum absolute atomic E-state index is 0.474. The Morgan fingerprint density at radius 2 is 0.906 bits per heavy atom. The molecule has 0 heterocycles.